The van der Waals surface area contributed by atoms with Gasteiger partial charge in [-0.3, -0.25) is 4.79 Å². The normalized spacial score (nSPS) is 15.3. The van der Waals surface area contributed by atoms with Crippen LogP contribution in [0.5, 0.6) is 0 Å². The highest BCUT2D eigenvalue weighted by atomic mass is 19.4. The zero-order valence-corrected chi connectivity index (χ0v) is 15.0. The molecule has 1 aromatic carbocycles. The highest BCUT2D eigenvalue weighted by molar-refractivity contribution is 6.00. The van der Waals surface area contributed by atoms with Gasteiger partial charge in [0.05, 0.1) is 11.3 Å². The number of likely N-dealkylation sites (N-methyl/N-ethyl adjacent to an activating group) is 1. The van der Waals surface area contributed by atoms with Crippen LogP contribution in [0.15, 0.2) is 30.9 Å². The maximum Gasteiger partial charge on any atom is 0.471 e. The molecule has 0 bridgehead atoms. The second-order valence-corrected chi connectivity index (χ2v) is 5.99. The summed E-state index contributed by atoms with van der Waals surface area (Å²) in [6, 6.07) is 4.07. The lowest BCUT2D eigenvalue weighted by atomic mass is 10.1. The van der Waals surface area contributed by atoms with Crippen molar-refractivity contribution in [1.82, 2.24) is 4.90 Å². The SMILES string of the molecule is C=CCOC(=O)c1cc(NC(=O)C(F)(F)F)ccc1N1CCN(CC)CC1. The maximum absolute atomic E-state index is 12.5. The molecule has 2 rings (SSSR count). The van der Waals surface area contributed by atoms with Crippen molar-refractivity contribution in [2.75, 3.05) is 49.5 Å². The Morgan fingerprint density at radius 3 is 2.48 bits per heavy atom. The van der Waals surface area contributed by atoms with Gasteiger partial charge in [-0.05, 0) is 24.7 Å². The Morgan fingerprint density at radius 1 is 1.26 bits per heavy atom. The van der Waals surface area contributed by atoms with Gasteiger partial charge in [0.2, 0.25) is 0 Å². The lowest BCUT2D eigenvalue weighted by Crippen LogP contribution is -2.46. The topological polar surface area (TPSA) is 61.9 Å². The minimum Gasteiger partial charge on any atom is -0.458 e. The molecule has 1 aromatic rings. The molecule has 0 aromatic heterocycles. The average Bonchev–Trinajstić information content (AvgIpc) is 2.65. The van der Waals surface area contributed by atoms with E-state index in [1.807, 2.05) is 4.90 Å². The minimum absolute atomic E-state index is 0.0268. The van der Waals surface area contributed by atoms with Crippen molar-refractivity contribution in [3.05, 3.63) is 36.4 Å². The third-order valence-corrected chi connectivity index (χ3v) is 4.22. The van der Waals surface area contributed by atoms with Crippen LogP contribution < -0.4 is 10.2 Å². The summed E-state index contributed by atoms with van der Waals surface area (Å²) in [6.07, 6.45) is -3.62. The van der Waals surface area contributed by atoms with Gasteiger partial charge in [-0.15, -0.1) is 0 Å². The molecule has 6 nitrogen and oxygen atoms in total. The molecule has 0 spiro atoms. The van der Waals surface area contributed by atoms with E-state index in [1.165, 1.54) is 24.3 Å². The van der Waals surface area contributed by atoms with Crippen molar-refractivity contribution in [3.8, 4) is 0 Å². The first-order valence-corrected chi connectivity index (χ1v) is 8.53. The second-order valence-electron chi connectivity index (χ2n) is 5.99. The number of carbonyl (C=O) groups excluding carboxylic acids is 2. The summed E-state index contributed by atoms with van der Waals surface area (Å²) in [4.78, 5) is 27.8. The van der Waals surface area contributed by atoms with Crippen LogP contribution in [0.2, 0.25) is 0 Å². The fraction of sp³-hybridized carbons (Fsp3) is 0.444. The van der Waals surface area contributed by atoms with Gasteiger partial charge in [0.15, 0.2) is 0 Å². The molecule has 148 valence electrons. The van der Waals surface area contributed by atoms with Gasteiger partial charge in [0.25, 0.3) is 0 Å². The Kier molecular flexibility index (Phi) is 6.84. The van der Waals surface area contributed by atoms with Gasteiger partial charge < -0.3 is 19.9 Å². The number of ether oxygens (including phenoxy) is 1. The molecular weight excluding hydrogens is 363 g/mol. The van der Waals surface area contributed by atoms with Gasteiger partial charge in [0, 0.05) is 31.9 Å². The number of piperazine rings is 1. The van der Waals surface area contributed by atoms with Gasteiger partial charge >= 0.3 is 18.1 Å². The lowest BCUT2D eigenvalue weighted by molar-refractivity contribution is -0.167. The molecule has 1 amide bonds. The fourth-order valence-corrected chi connectivity index (χ4v) is 2.77. The van der Waals surface area contributed by atoms with Crippen molar-refractivity contribution in [2.45, 2.75) is 13.1 Å². The molecule has 0 aliphatic carbocycles. The molecule has 1 saturated heterocycles. The summed E-state index contributed by atoms with van der Waals surface area (Å²) in [5.74, 6) is -2.79. The number of nitrogens with one attached hydrogen (secondary N) is 1. The Balaban J connectivity index is 2.28. The number of amides is 1. The van der Waals surface area contributed by atoms with Crippen LogP contribution >= 0.6 is 0 Å². The summed E-state index contributed by atoms with van der Waals surface area (Å²) in [7, 11) is 0. The Hall–Kier alpha value is -2.55. The van der Waals surface area contributed by atoms with Gasteiger partial charge in [-0.2, -0.15) is 13.2 Å². The molecule has 1 aliphatic heterocycles. The number of carbonyl (C=O) groups is 2. The molecular formula is C18H22F3N3O3. The van der Waals surface area contributed by atoms with Crippen LogP contribution in [0.3, 0.4) is 0 Å². The number of hydrogen-bond acceptors (Lipinski definition) is 5. The zero-order chi connectivity index (χ0) is 20.0. The molecule has 0 unspecified atom stereocenters. The number of nitrogens with zero attached hydrogens (tertiary/aromatic N) is 2. The second kappa shape index (κ2) is 8.90. The van der Waals surface area contributed by atoms with Crippen LogP contribution in [-0.2, 0) is 9.53 Å². The molecule has 0 atom stereocenters. The highest BCUT2D eigenvalue weighted by Crippen LogP contribution is 2.27. The van der Waals surface area contributed by atoms with Crippen molar-refractivity contribution in [1.29, 1.82) is 0 Å². The number of rotatable bonds is 6. The van der Waals surface area contributed by atoms with Crippen molar-refractivity contribution in [3.63, 3.8) is 0 Å². The quantitative estimate of drug-likeness (QED) is 0.603. The first kappa shape index (κ1) is 20.8. The van der Waals surface area contributed by atoms with E-state index in [1.54, 1.807) is 5.32 Å². The number of halogens is 3. The van der Waals surface area contributed by atoms with Gasteiger partial charge in [-0.1, -0.05) is 19.6 Å². The predicted octanol–water partition coefficient (Wildman–Crippen LogP) is 2.67. The number of alkyl halides is 3. The standard InChI is InChI=1S/C18H22F3N3O3/c1-3-11-27-16(25)14-12-13(22-17(26)18(19,20)21)5-6-15(14)24-9-7-23(4-2)8-10-24/h3,5-6,12H,1,4,7-11H2,2H3,(H,22,26). The highest BCUT2D eigenvalue weighted by Gasteiger charge is 2.38. The molecule has 27 heavy (non-hydrogen) atoms. The smallest absolute Gasteiger partial charge is 0.458 e. The van der Waals surface area contributed by atoms with Gasteiger partial charge in [0.1, 0.15) is 6.61 Å². The third-order valence-electron chi connectivity index (χ3n) is 4.22. The monoisotopic (exact) mass is 385 g/mol. The van der Waals surface area contributed by atoms with E-state index in [0.29, 0.717) is 18.8 Å². The van der Waals surface area contributed by atoms with Crippen LogP contribution in [0.1, 0.15) is 17.3 Å². The van der Waals surface area contributed by atoms with E-state index < -0.39 is 18.1 Å². The van der Waals surface area contributed by atoms with E-state index in [9.17, 15) is 22.8 Å². The van der Waals surface area contributed by atoms with Crippen LogP contribution in [0, 0.1) is 0 Å². The molecule has 1 N–H and O–H groups in total. The summed E-state index contributed by atoms with van der Waals surface area (Å²) in [5.41, 5.74) is 0.533. The van der Waals surface area contributed by atoms with E-state index in [0.717, 1.165) is 19.6 Å². The summed E-state index contributed by atoms with van der Waals surface area (Å²) < 4.78 is 42.5. The Labute approximate surface area is 155 Å². The van der Waals surface area contributed by atoms with Crippen molar-refractivity contribution in [2.24, 2.45) is 0 Å². The largest absolute Gasteiger partial charge is 0.471 e. The molecule has 9 heteroatoms. The molecule has 0 saturated carbocycles. The fourth-order valence-electron chi connectivity index (χ4n) is 2.77. The van der Waals surface area contributed by atoms with Crippen LogP contribution in [0.25, 0.3) is 0 Å². The van der Waals surface area contributed by atoms with Gasteiger partial charge in [-0.25, -0.2) is 4.79 Å². The molecule has 1 aliphatic rings. The molecule has 0 radical (unpaired) electrons. The summed E-state index contributed by atoms with van der Waals surface area (Å²) in [6.45, 7) is 9.38. The Bertz CT molecular complexity index is 699. The molecule has 1 fully saturated rings. The Morgan fingerprint density at radius 2 is 1.93 bits per heavy atom. The van der Waals surface area contributed by atoms with Crippen molar-refractivity contribution < 1.29 is 27.5 Å². The van der Waals surface area contributed by atoms with Crippen molar-refractivity contribution >= 4 is 23.3 Å². The number of hydrogen-bond donors (Lipinski definition) is 1. The first-order valence-electron chi connectivity index (χ1n) is 8.53. The molecule has 1 heterocycles. The summed E-state index contributed by atoms with van der Waals surface area (Å²) >= 11 is 0. The lowest BCUT2D eigenvalue weighted by Gasteiger charge is -2.36. The third kappa shape index (κ3) is 5.46. The number of esters is 1. The minimum atomic E-state index is -5.02. The van der Waals surface area contributed by atoms with E-state index >= 15 is 0 Å². The van der Waals surface area contributed by atoms with E-state index in [2.05, 4.69) is 18.4 Å². The van der Waals surface area contributed by atoms with E-state index in [-0.39, 0.29) is 17.9 Å². The number of benzene rings is 1. The maximum atomic E-state index is 12.5. The number of anilines is 2. The van der Waals surface area contributed by atoms with E-state index in [4.69, 9.17) is 4.74 Å². The average molecular weight is 385 g/mol. The first-order chi connectivity index (χ1) is 12.8. The zero-order valence-electron chi connectivity index (χ0n) is 15.0. The van der Waals surface area contributed by atoms with Crippen LogP contribution in [0.4, 0.5) is 24.5 Å². The predicted molar refractivity (Wildman–Crippen MR) is 95.9 cm³/mol. The summed E-state index contributed by atoms with van der Waals surface area (Å²) in [5, 5.41) is 1.76. The van der Waals surface area contributed by atoms with Crippen LogP contribution in [-0.4, -0.2) is 62.3 Å².